The minimum absolute atomic E-state index is 0.226. The van der Waals surface area contributed by atoms with Gasteiger partial charge in [0, 0.05) is 0 Å². The van der Waals surface area contributed by atoms with Crippen LogP contribution in [0.1, 0.15) is 39.7 Å². The van der Waals surface area contributed by atoms with Gasteiger partial charge in [-0.1, -0.05) is 157 Å². The molecule has 0 radical (unpaired) electrons. The third-order valence-electron chi connectivity index (χ3n) is 8.15. The summed E-state index contributed by atoms with van der Waals surface area (Å²) in [6, 6.07) is 50.2. The summed E-state index contributed by atoms with van der Waals surface area (Å²) in [6.07, 6.45) is -2.81. The zero-order valence-corrected chi connectivity index (χ0v) is 27.9. The molecule has 0 unspecified atom stereocenters. The van der Waals surface area contributed by atoms with E-state index < -0.39 is 24.4 Å². The van der Waals surface area contributed by atoms with Crippen LogP contribution in [0.3, 0.4) is 0 Å². The number of nitrogens with one attached hydrogen (secondary N) is 1. The van der Waals surface area contributed by atoms with Crippen molar-refractivity contribution in [3.8, 4) is 0 Å². The number of benzene rings is 5. The minimum Gasteiger partial charge on any atom is -0.374 e. The van der Waals surface area contributed by atoms with Crippen LogP contribution in [0.2, 0.25) is 0 Å². The number of nitrogens with zero attached hydrogens (tertiary/aromatic N) is 3. The summed E-state index contributed by atoms with van der Waals surface area (Å²) in [6.45, 7) is 1.86. The van der Waals surface area contributed by atoms with Crippen molar-refractivity contribution in [2.24, 2.45) is 0 Å². The highest BCUT2D eigenvalue weighted by molar-refractivity contribution is 5.17. The summed E-state index contributed by atoms with van der Waals surface area (Å²) in [4.78, 5) is 0. The lowest BCUT2D eigenvalue weighted by Crippen LogP contribution is -2.48. The zero-order chi connectivity index (χ0) is 34.1. The monoisotopic (exact) mass is 670 g/mol. The van der Waals surface area contributed by atoms with E-state index in [1.54, 1.807) is 0 Å². The van der Waals surface area contributed by atoms with E-state index in [4.69, 9.17) is 23.7 Å². The third-order valence-corrected chi connectivity index (χ3v) is 8.15. The molecule has 6 aromatic rings. The molecular weight excluding hydrogens is 628 g/mol. The number of aromatic nitrogens is 4. The molecule has 1 N–H and O–H groups in total. The van der Waals surface area contributed by atoms with Gasteiger partial charge in [0.15, 0.2) is 6.10 Å². The van der Waals surface area contributed by atoms with Crippen LogP contribution >= 0.6 is 0 Å². The Bertz CT molecular complexity index is 1750. The molecule has 0 bridgehead atoms. The second-order valence-corrected chi connectivity index (χ2v) is 11.8. The highest BCUT2D eigenvalue weighted by Crippen LogP contribution is 2.30. The first-order valence-corrected chi connectivity index (χ1v) is 16.8. The van der Waals surface area contributed by atoms with E-state index in [1.807, 2.05) is 152 Å². The molecule has 0 aliphatic heterocycles. The van der Waals surface area contributed by atoms with Crippen molar-refractivity contribution in [2.45, 2.75) is 57.5 Å². The van der Waals surface area contributed by atoms with Crippen LogP contribution in [-0.2, 0) is 56.7 Å². The fourth-order valence-corrected chi connectivity index (χ4v) is 5.55. The molecule has 6 rings (SSSR count). The van der Waals surface area contributed by atoms with Crippen LogP contribution in [0, 0.1) is 0 Å². The summed E-state index contributed by atoms with van der Waals surface area (Å²) in [7, 11) is 0. The Balaban J connectivity index is 1.36. The molecule has 50 heavy (non-hydrogen) atoms. The minimum atomic E-state index is -0.782. The molecule has 9 heteroatoms. The largest absolute Gasteiger partial charge is 0.374 e. The normalized spacial score (nSPS) is 13.8. The zero-order valence-electron chi connectivity index (χ0n) is 27.9. The van der Waals surface area contributed by atoms with Gasteiger partial charge in [-0.3, -0.25) is 0 Å². The summed E-state index contributed by atoms with van der Waals surface area (Å²) in [5.41, 5.74) is 5.08. The fraction of sp³-hybridized carbons (Fsp3) is 0.244. The molecule has 256 valence electrons. The first-order chi connectivity index (χ1) is 24.8. The van der Waals surface area contributed by atoms with Crippen molar-refractivity contribution in [3.63, 3.8) is 0 Å². The Hall–Kier alpha value is -5.03. The Morgan fingerprint density at radius 1 is 0.440 bits per heavy atom. The fourth-order valence-electron chi connectivity index (χ4n) is 5.55. The maximum Gasteiger partial charge on any atom is 0.206 e. The predicted molar refractivity (Wildman–Crippen MR) is 189 cm³/mol. The smallest absolute Gasteiger partial charge is 0.206 e. The lowest BCUT2D eigenvalue weighted by molar-refractivity contribution is -0.203. The van der Waals surface area contributed by atoms with Gasteiger partial charge in [0.25, 0.3) is 0 Å². The van der Waals surface area contributed by atoms with Gasteiger partial charge in [-0.05, 0) is 27.8 Å². The third kappa shape index (κ3) is 10.7. The Labute approximate surface area is 293 Å². The molecule has 4 atom stereocenters. The van der Waals surface area contributed by atoms with Crippen molar-refractivity contribution in [3.05, 3.63) is 185 Å². The molecule has 0 aliphatic rings. The van der Waals surface area contributed by atoms with Crippen LogP contribution in [0.5, 0.6) is 0 Å². The molecule has 1 heterocycles. The molecule has 0 aliphatic carbocycles. The molecule has 1 aromatic heterocycles. The highest BCUT2D eigenvalue weighted by atomic mass is 16.6. The number of aromatic amines is 1. The highest BCUT2D eigenvalue weighted by Gasteiger charge is 2.41. The summed E-state index contributed by atoms with van der Waals surface area (Å²) in [5.74, 6) is 0.347. The van der Waals surface area contributed by atoms with E-state index in [1.165, 1.54) is 0 Å². The number of hydrogen-bond acceptors (Lipinski definition) is 8. The van der Waals surface area contributed by atoms with Gasteiger partial charge < -0.3 is 23.7 Å². The average Bonchev–Trinajstić information content (AvgIpc) is 3.72. The van der Waals surface area contributed by atoms with Crippen molar-refractivity contribution in [1.82, 2.24) is 20.6 Å². The van der Waals surface area contributed by atoms with Crippen LogP contribution in [-0.4, -0.2) is 45.5 Å². The van der Waals surface area contributed by atoms with Crippen LogP contribution in [0.15, 0.2) is 152 Å². The first-order valence-electron chi connectivity index (χ1n) is 16.8. The van der Waals surface area contributed by atoms with Gasteiger partial charge in [-0.15, -0.1) is 10.2 Å². The standard InChI is InChI=1S/C41H42N4O5/c1-6-16-32(17-7-1)26-46-31-37(47-27-33-18-8-2-9-19-33)38(48-28-34-20-10-3-11-21-34)39(49-29-35-22-12-4-13-23-35)40(41-42-44-45-43-41)50-30-36-24-14-5-15-25-36/h1-25,37-40H,26-31H2,(H,42,43,44,45)/t37-,38-,39+,40-/m1/s1. The van der Waals surface area contributed by atoms with E-state index in [0.717, 1.165) is 27.8 Å². The number of ether oxygens (including phenoxy) is 5. The second kappa shape index (κ2) is 19.2. The number of rotatable bonds is 20. The van der Waals surface area contributed by atoms with Gasteiger partial charge >= 0.3 is 0 Å². The second-order valence-electron chi connectivity index (χ2n) is 11.8. The van der Waals surface area contributed by atoms with Gasteiger partial charge in [-0.25, -0.2) is 0 Å². The summed E-state index contributed by atoms with van der Waals surface area (Å²) < 4.78 is 33.5. The van der Waals surface area contributed by atoms with E-state index in [0.29, 0.717) is 25.6 Å². The van der Waals surface area contributed by atoms with Crippen molar-refractivity contribution in [2.75, 3.05) is 6.61 Å². The first kappa shape index (κ1) is 34.8. The van der Waals surface area contributed by atoms with E-state index in [-0.39, 0.29) is 19.8 Å². The maximum absolute atomic E-state index is 6.87. The Morgan fingerprint density at radius 2 is 0.840 bits per heavy atom. The summed E-state index contributed by atoms with van der Waals surface area (Å²) in [5, 5.41) is 15.2. The topological polar surface area (TPSA) is 101 Å². The van der Waals surface area contributed by atoms with E-state index in [9.17, 15) is 0 Å². The molecule has 0 spiro atoms. The number of tetrazole rings is 1. The predicted octanol–water partition coefficient (Wildman–Crippen LogP) is 7.43. The number of hydrogen-bond donors (Lipinski definition) is 1. The van der Waals surface area contributed by atoms with E-state index in [2.05, 4.69) is 20.6 Å². The number of H-pyrrole nitrogens is 1. The van der Waals surface area contributed by atoms with Crippen molar-refractivity contribution < 1.29 is 23.7 Å². The molecule has 0 fully saturated rings. The lowest BCUT2D eigenvalue weighted by Gasteiger charge is -2.36. The van der Waals surface area contributed by atoms with Crippen molar-refractivity contribution in [1.29, 1.82) is 0 Å². The average molecular weight is 671 g/mol. The molecule has 9 nitrogen and oxygen atoms in total. The van der Waals surface area contributed by atoms with Gasteiger partial charge in [0.2, 0.25) is 5.82 Å². The molecule has 0 amide bonds. The van der Waals surface area contributed by atoms with Crippen LogP contribution in [0.4, 0.5) is 0 Å². The Morgan fingerprint density at radius 3 is 1.28 bits per heavy atom. The quantitative estimate of drug-likeness (QED) is 0.0896. The SMILES string of the molecule is c1ccc(COC[C@@H](OCc2ccccc2)[C@@H](OCc2ccccc2)[C@H](OCc2ccccc2)[C@@H](OCc2ccccc2)c2nn[nH]n2)cc1. The lowest BCUT2D eigenvalue weighted by atomic mass is 10.0. The maximum atomic E-state index is 6.87. The Kier molecular flexibility index (Phi) is 13.4. The van der Waals surface area contributed by atoms with Gasteiger partial charge in [-0.2, -0.15) is 5.21 Å². The van der Waals surface area contributed by atoms with Crippen molar-refractivity contribution >= 4 is 0 Å². The summed E-state index contributed by atoms with van der Waals surface area (Å²) >= 11 is 0. The van der Waals surface area contributed by atoms with E-state index >= 15 is 0 Å². The molecular formula is C41H42N4O5. The van der Waals surface area contributed by atoms with Crippen LogP contribution in [0.25, 0.3) is 0 Å². The molecule has 0 saturated heterocycles. The van der Waals surface area contributed by atoms with Gasteiger partial charge in [0.05, 0.1) is 39.6 Å². The van der Waals surface area contributed by atoms with Gasteiger partial charge in [0.1, 0.15) is 18.3 Å². The molecule has 0 saturated carbocycles. The van der Waals surface area contributed by atoms with Crippen LogP contribution < -0.4 is 0 Å². The molecule has 5 aromatic carbocycles.